The van der Waals surface area contributed by atoms with Gasteiger partial charge < -0.3 is 15.7 Å². The second-order valence-corrected chi connectivity index (χ2v) is 6.45. The Morgan fingerprint density at radius 1 is 1.07 bits per heavy atom. The van der Waals surface area contributed by atoms with Crippen LogP contribution in [0.4, 0.5) is 14.5 Å². The summed E-state index contributed by atoms with van der Waals surface area (Å²) in [6.45, 7) is -0.284. The van der Waals surface area contributed by atoms with Gasteiger partial charge in [0.2, 0.25) is 0 Å². The lowest BCUT2D eigenvalue weighted by molar-refractivity contribution is 0.545. The molecule has 0 unspecified atom stereocenters. The standard InChI is InChI=1S/C21H15F2N5O/c22-16-6-13(12-1-2-18(25)14(5-12)8-24)7-17(23)15(16)11-28-20-3-4-26-9-19(20)27-10-21(28)29/h1-10,24H,11,25H2. The number of anilines is 1. The normalized spacial score (nSPS) is 11.0. The second kappa shape index (κ2) is 7.23. The number of nitrogens with one attached hydrogen (secondary N) is 1. The van der Waals surface area contributed by atoms with E-state index in [-0.39, 0.29) is 12.1 Å². The molecule has 2 aromatic heterocycles. The molecule has 0 spiro atoms. The number of hydrogen-bond acceptors (Lipinski definition) is 5. The summed E-state index contributed by atoms with van der Waals surface area (Å²) in [6, 6.07) is 8.77. The first kappa shape index (κ1) is 18.4. The first-order valence-corrected chi connectivity index (χ1v) is 8.66. The predicted octanol–water partition coefficient (Wildman–Crippen LogP) is 3.36. The number of pyridine rings is 1. The van der Waals surface area contributed by atoms with Crippen LogP contribution in [-0.4, -0.2) is 20.7 Å². The molecule has 29 heavy (non-hydrogen) atoms. The van der Waals surface area contributed by atoms with E-state index >= 15 is 0 Å². The second-order valence-electron chi connectivity index (χ2n) is 6.45. The highest BCUT2D eigenvalue weighted by Gasteiger charge is 2.15. The zero-order valence-electron chi connectivity index (χ0n) is 15.1. The molecule has 2 aromatic carbocycles. The fraction of sp³-hybridized carbons (Fsp3) is 0.0476. The van der Waals surface area contributed by atoms with E-state index in [1.54, 1.807) is 24.3 Å². The first-order chi connectivity index (χ1) is 14.0. The molecule has 0 saturated carbocycles. The summed E-state index contributed by atoms with van der Waals surface area (Å²) in [6.07, 6.45) is 5.14. The quantitative estimate of drug-likeness (QED) is 0.412. The molecule has 0 amide bonds. The molecule has 0 fully saturated rings. The number of hydrogen-bond donors (Lipinski definition) is 2. The lowest BCUT2D eigenvalue weighted by Gasteiger charge is -2.13. The van der Waals surface area contributed by atoms with Crippen molar-refractivity contribution in [3.05, 3.63) is 88.1 Å². The van der Waals surface area contributed by atoms with Crippen LogP contribution in [0, 0.1) is 17.0 Å². The summed E-state index contributed by atoms with van der Waals surface area (Å²) in [5.41, 5.74) is 7.64. The average Bonchev–Trinajstić information content (AvgIpc) is 2.72. The van der Waals surface area contributed by atoms with E-state index < -0.39 is 17.2 Å². The molecule has 3 N–H and O–H groups in total. The van der Waals surface area contributed by atoms with Gasteiger partial charge in [-0.25, -0.2) is 13.8 Å². The Bertz CT molecular complexity index is 1290. The van der Waals surface area contributed by atoms with Gasteiger partial charge in [0.25, 0.3) is 5.56 Å². The monoisotopic (exact) mass is 391 g/mol. The van der Waals surface area contributed by atoms with Crippen molar-refractivity contribution in [3.8, 4) is 11.1 Å². The number of nitrogen functional groups attached to an aromatic ring is 1. The van der Waals surface area contributed by atoms with Crippen molar-refractivity contribution in [3.63, 3.8) is 0 Å². The van der Waals surface area contributed by atoms with Gasteiger partial charge in [0.15, 0.2) is 0 Å². The SMILES string of the molecule is N=Cc1cc(-c2cc(F)c(Cn3c(=O)cnc4cnccc43)c(F)c2)ccc1N. The molecule has 0 bridgehead atoms. The molecule has 0 atom stereocenters. The van der Waals surface area contributed by atoms with Gasteiger partial charge in [-0.3, -0.25) is 9.78 Å². The molecule has 0 aliphatic carbocycles. The minimum Gasteiger partial charge on any atom is -0.398 e. The van der Waals surface area contributed by atoms with Crippen LogP contribution in [0.5, 0.6) is 0 Å². The van der Waals surface area contributed by atoms with E-state index in [2.05, 4.69) is 9.97 Å². The molecule has 4 rings (SSSR count). The fourth-order valence-corrected chi connectivity index (χ4v) is 3.14. The molecular formula is C21H15F2N5O. The molecule has 0 aliphatic heterocycles. The van der Waals surface area contributed by atoms with E-state index in [1.165, 1.54) is 29.1 Å². The molecule has 6 nitrogen and oxygen atoms in total. The topological polar surface area (TPSA) is 97.6 Å². The first-order valence-electron chi connectivity index (χ1n) is 8.66. The van der Waals surface area contributed by atoms with E-state index in [4.69, 9.17) is 11.1 Å². The predicted molar refractivity (Wildman–Crippen MR) is 107 cm³/mol. The smallest absolute Gasteiger partial charge is 0.269 e. The Morgan fingerprint density at radius 2 is 1.83 bits per heavy atom. The van der Waals surface area contributed by atoms with Crippen molar-refractivity contribution in [1.82, 2.24) is 14.5 Å². The lowest BCUT2D eigenvalue weighted by atomic mass is 10.00. The van der Waals surface area contributed by atoms with Gasteiger partial charge in [-0.2, -0.15) is 0 Å². The van der Waals surface area contributed by atoms with Crippen LogP contribution in [0.3, 0.4) is 0 Å². The Balaban J connectivity index is 1.79. The zero-order chi connectivity index (χ0) is 20.5. The van der Waals surface area contributed by atoms with Crippen LogP contribution in [0.15, 0.2) is 59.8 Å². The number of nitrogens with two attached hydrogens (primary N) is 1. The van der Waals surface area contributed by atoms with Crippen molar-refractivity contribution >= 4 is 22.9 Å². The van der Waals surface area contributed by atoms with Crippen molar-refractivity contribution in [2.45, 2.75) is 6.54 Å². The highest BCUT2D eigenvalue weighted by atomic mass is 19.1. The van der Waals surface area contributed by atoms with E-state index in [0.29, 0.717) is 33.4 Å². The minimum atomic E-state index is -0.779. The average molecular weight is 391 g/mol. The summed E-state index contributed by atoms with van der Waals surface area (Å²) in [5, 5.41) is 7.38. The summed E-state index contributed by atoms with van der Waals surface area (Å²) in [4.78, 5) is 20.2. The number of fused-ring (bicyclic) bond motifs is 1. The van der Waals surface area contributed by atoms with Gasteiger partial charge in [-0.1, -0.05) is 6.07 Å². The van der Waals surface area contributed by atoms with E-state index in [1.807, 2.05) is 0 Å². The van der Waals surface area contributed by atoms with Crippen LogP contribution < -0.4 is 11.3 Å². The fourth-order valence-electron chi connectivity index (χ4n) is 3.14. The van der Waals surface area contributed by atoms with Gasteiger partial charge in [-0.15, -0.1) is 0 Å². The maximum Gasteiger partial charge on any atom is 0.269 e. The van der Waals surface area contributed by atoms with Gasteiger partial charge >= 0.3 is 0 Å². The van der Waals surface area contributed by atoms with Crippen LogP contribution in [0.2, 0.25) is 0 Å². The zero-order valence-corrected chi connectivity index (χ0v) is 15.1. The molecular weight excluding hydrogens is 376 g/mol. The van der Waals surface area contributed by atoms with Crippen LogP contribution in [0.25, 0.3) is 22.2 Å². The lowest BCUT2D eigenvalue weighted by Crippen LogP contribution is -2.22. The summed E-state index contributed by atoms with van der Waals surface area (Å²) in [7, 11) is 0. The van der Waals surface area contributed by atoms with E-state index in [0.717, 1.165) is 12.4 Å². The van der Waals surface area contributed by atoms with Crippen molar-refractivity contribution < 1.29 is 8.78 Å². The largest absolute Gasteiger partial charge is 0.398 e. The van der Waals surface area contributed by atoms with Crippen LogP contribution >= 0.6 is 0 Å². The van der Waals surface area contributed by atoms with Gasteiger partial charge in [0.05, 0.1) is 24.5 Å². The van der Waals surface area contributed by atoms with Crippen LogP contribution in [-0.2, 0) is 6.54 Å². The highest BCUT2D eigenvalue weighted by molar-refractivity contribution is 5.87. The number of halogens is 2. The van der Waals surface area contributed by atoms with Gasteiger partial charge in [0, 0.05) is 29.2 Å². The molecule has 0 saturated heterocycles. The Morgan fingerprint density at radius 3 is 2.55 bits per heavy atom. The van der Waals surface area contributed by atoms with Gasteiger partial charge in [-0.05, 0) is 41.5 Å². The van der Waals surface area contributed by atoms with Crippen molar-refractivity contribution in [2.75, 3.05) is 5.73 Å². The van der Waals surface area contributed by atoms with Gasteiger partial charge in [0.1, 0.15) is 17.2 Å². The Hall–Kier alpha value is -3.94. The third kappa shape index (κ3) is 3.36. The Kier molecular flexibility index (Phi) is 4.59. The molecule has 0 radical (unpaired) electrons. The number of rotatable bonds is 4. The number of benzene rings is 2. The number of aromatic nitrogens is 3. The highest BCUT2D eigenvalue weighted by Crippen LogP contribution is 2.27. The molecule has 2 heterocycles. The summed E-state index contributed by atoms with van der Waals surface area (Å²) < 4.78 is 30.9. The molecule has 144 valence electrons. The number of nitrogens with zero attached hydrogens (tertiary/aromatic N) is 3. The Labute approximate surface area is 163 Å². The maximum absolute atomic E-state index is 14.8. The van der Waals surface area contributed by atoms with Crippen molar-refractivity contribution in [1.29, 1.82) is 5.41 Å². The molecule has 4 aromatic rings. The summed E-state index contributed by atoms with van der Waals surface area (Å²) in [5.74, 6) is -1.56. The third-order valence-electron chi connectivity index (χ3n) is 4.68. The summed E-state index contributed by atoms with van der Waals surface area (Å²) >= 11 is 0. The third-order valence-corrected chi connectivity index (χ3v) is 4.68. The molecule has 8 heteroatoms. The maximum atomic E-state index is 14.8. The van der Waals surface area contributed by atoms with Crippen molar-refractivity contribution in [2.24, 2.45) is 0 Å². The van der Waals surface area contributed by atoms with Crippen LogP contribution in [0.1, 0.15) is 11.1 Å². The minimum absolute atomic E-state index is 0.233. The molecule has 0 aliphatic rings. The van der Waals surface area contributed by atoms with E-state index in [9.17, 15) is 13.6 Å².